The predicted molar refractivity (Wildman–Crippen MR) is 229 cm³/mol. The van der Waals surface area contributed by atoms with E-state index in [0.717, 1.165) is 108 Å². The van der Waals surface area contributed by atoms with Crippen molar-refractivity contribution in [1.29, 1.82) is 0 Å². The molecule has 2 N–H and O–H groups in total. The summed E-state index contributed by atoms with van der Waals surface area (Å²) in [5.74, 6) is 5.50. The molecule has 294 valence electrons. The van der Waals surface area contributed by atoms with Crippen molar-refractivity contribution in [2.75, 3.05) is 36.0 Å². The van der Waals surface area contributed by atoms with Crippen LogP contribution in [0.3, 0.4) is 0 Å². The summed E-state index contributed by atoms with van der Waals surface area (Å²) in [4.78, 5) is 4.67. The van der Waals surface area contributed by atoms with Gasteiger partial charge in [0.2, 0.25) is 0 Å². The SMILES string of the molecule is CCN(CC)c1ccc2c(c1)OC(C1=CC[C@H]3C[C@@H]1C3(C)C)=C/C2=C\C1=C(O)C(/C=C2\C=C(C3=CC[C@H]4C[C@@H]3C4(C)C)Oc3cc(N(CC)CC)ccc32)C1O. The third kappa shape index (κ3) is 5.68. The molecule has 2 heterocycles. The second-order valence-electron chi connectivity index (χ2n) is 18.4. The molecule has 6 nitrogen and oxygen atoms in total. The zero-order chi connectivity index (χ0) is 39.3. The Balaban J connectivity index is 1.10. The van der Waals surface area contributed by atoms with E-state index in [1.54, 1.807) is 0 Å². The van der Waals surface area contributed by atoms with Crippen molar-refractivity contribution in [1.82, 2.24) is 0 Å². The number of aliphatic hydroxyl groups excluding tert-OH is 2. The van der Waals surface area contributed by atoms with Crippen LogP contribution in [0.25, 0.3) is 11.1 Å². The molecule has 6 heteroatoms. The van der Waals surface area contributed by atoms with E-state index in [1.165, 1.54) is 24.0 Å². The molecule has 6 atom stereocenters. The van der Waals surface area contributed by atoms with Gasteiger partial charge in [0.25, 0.3) is 0 Å². The fraction of sp³-hybridized carbons (Fsp3) is 0.480. The number of allylic oxidation sites excluding steroid dienone is 8. The minimum absolute atomic E-state index is 0.211. The molecule has 2 aromatic rings. The molecule has 2 unspecified atom stereocenters. The highest BCUT2D eigenvalue weighted by Crippen LogP contribution is 2.62. The average molecular weight is 753 g/mol. The van der Waals surface area contributed by atoms with Crippen molar-refractivity contribution in [2.24, 2.45) is 40.4 Å². The predicted octanol–water partition coefficient (Wildman–Crippen LogP) is 11.2. The molecule has 0 radical (unpaired) electrons. The van der Waals surface area contributed by atoms with Crippen LogP contribution >= 0.6 is 0 Å². The number of nitrogens with zero attached hydrogens (tertiary/aromatic N) is 2. The van der Waals surface area contributed by atoms with E-state index < -0.39 is 12.0 Å². The first-order valence-electron chi connectivity index (χ1n) is 21.4. The highest BCUT2D eigenvalue weighted by Gasteiger charge is 2.53. The smallest absolute Gasteiger partial charge is 0.137 e. The largest absolute Gasteiger partial charge is 0.511 e. The van der Waals surface area contributed by atoms with Gasteiger partial charge in [-0.05, 0) is 153 Å². The second kappa shape index (κ2) is 13.6. The van der Waals surface area contributed by atoms with Gasteiger partial charge in [-0.3, -0.25) is 0 Å². The van der Waals surface area contributed by atoms with Crippen LogP contribution in [0.4, 0.5) is 11.4 Å². The molecule has 2 aliphatic heterocycles. The Bertz CT molecular complexity index is 2180. The first-order valence-corrected chi connectivity index (χ1v) is 21.4. The third-order valence-electron chi connectivity index (χ3n) is 15.3. The van der Waals surface area contributed by atoms with Crippen LogP contribution in [0, 0.1) is 40.4 Å². The van der Waals surface area contributed by atoms with Gasteiger partial charge >= 0.3 is 0 Å². The van der Waals surface area contributed by atoms with E-state index in [-0.39, 0.29) is 16.6 Å². The van der Waals surface area contributed by atoms with Gasteiger partial charge in [0.1, 0.15) is 28.8 Å². The fourth-order valence-electron chi connectivity index (χ4n) is 11.1. The second-order valence-corrected chi connectivity index (χ2v) is 18.4. The number of rotatable bonds is 10. The summed E-state index contributed by atoms with van der Waals surface area (Å²) in [6.07, 6.45) is 16.8. The van der Waals surface area contributed by atoms with Crippen LogP contribution in [0.2, 0.25) is 0 Å². The number of hydrogen-bond acceptors (Lipinski definition) is 6. The molecular formula is C50H60N2O4. The van der Waals surface area contributed by atoms with E-state index in [1.807, 2.05) is 6.08 Å². The maximum atomic E-state index is 11.9. The zero-order valence-electron chi connectivity index (χ0n) is 34.7. The summed E-state index contributed by atoms with van der Waals surface area (Å²) in [6.45, 7) is 21.9. The summed E-state index contributed by atoms with van der Waals surface area (Å²) in [7, 11) is 0. The maximum absolute atomic E-state index is 11.9. The Morgan fingerprint density at radius 2 is 1.16 bits per heavy atom. The molecule has 4 bridgehead atoms. The van der Waals surface area contributed by atoms with E-state index >= 15 is 0 Å². The van der Waals surface area contributed by atoms with Crippen molar-refractivity contribution in [3.05, 3.63) is 118 Å². The third-order valence-corrected chi connectivity index (χ3v) is 15.3. The molecule has 0 aromatic heterocycles. The van der Waals surface area contributed by atoms with Gasteiger partial charge in [-0.1, -0.05) is 45.9 Å². The van der Waals surface area contributed by atoms with Gasteiger partial charge in [0.15, 0.2) is 0 Å². The molecule has 7 aliphatic carbocycles. The molecule has 0 amide bonds. The number of benzene rings is 2. The first-order chi connectivity index (χ1) is 26.9. The van der Waals surface area contributed by atoms with Crippen molar-refractivity contribution >= 4 is 22.5 Å². The first kappa shape index (κ1) is 37.2. The Hall–Kier alpha value is -4.42. The van der Waals surface area contributed by atoms with Gasteiger partial charge in [0.05, 0.1) is 12.0 Å². The standard InChI is InChI=1S/C50H60N2O4/c1-9-51(10-2)33-15-19-35-29(23-43(55-45(35)27-33)37-17-13-31-25-41(37)49(31,5)6)21-39-47(53)40(48(39)54)22-30-24-44(38-18-14-32-26-42(38)50(32,7)8)56-46-28-34(16-20-36(30)46)52(11-3)12-4/h15-24,27-28,31-32,39,41-42,47,53-54H,9-14,25-26H2,1-8H3/b29-21+,30-22+/t31-,32-,39?,41-,42-,47?/m0/s1. The highest BCUT2D eigenvalue weighted by molar-refractivity contribution is 5.86. The van der Waals surface area contributed by atoms with Crippen LogP contribution in [0.5, 0.6) is 11.5 Å². The molecule has 2 fully saturated rings. The van der Waals surface area contributed by atoms with Crippen molar-refractivity contribution in [3.8, 4) is 11.5 Å². The minimum atomic E-state index is -0.855. The molecular weight excluding hydrogens is 693 g/mol. The minimum Gasteiger partial charge on any atom is -0.511 e. The fourth-order valence-corrected chi connectivity index (χ4v) is 11.1. The molecule has 9 aliphatic rings. The van der Waals surface area contributed by atoms with Gasteiger partial charge < -0.3 is 29.5 Å². The summed E-state index contributed by atoms with van der Waals surface area (Å²) in [5.41, 5.74) is 9.79. The van der Waals surface area contributed by atoms with E-state index in [2.05, 4.69) is 132 Å². The average Bonchev–Trinajstić information content (AvgIpc) is 3.21. The molecule has 0 spiro atoms. The molecule has 2 aromatic carbocycles. The lowest BCUT2D eigenvalue weighted by Crippen LogP contribution is -2.48. The highest BCUT2D eigenvalue weighted by atomic mass is 16.5. The number of anilines is 2. The van der Waals surface area contributed by atoms with Crippen LogP contribution < -0.4 is 19.3 Å². The van der Waals surface area contributed by atoms with Crippen LogP contribution in [-0.2, 0) is 0 Å². The van der Waals surface area contributed by atoms with Crippen molar-refractivity contribution in [2.45, 2.75) is 87.2 Å². The maximum Gasteiger partial charge on any atom is 0.137 e. The van der Waals surface area contributed by atoms with Crippen LogP contribution in [0.15, 0.2) is 107 Å². The number of hydrogen-bond donors (Lipinski definition) is 2. The van der Waals surface area contributed by atoms with Crippen LogP contribution in [-0.4, -0.2) is 42.5 Å². The summed E-state index contributed by atoms with van der Waals surface area (Å²) >= 11 is 0. The van der Waals surface area contributed by atoms with E-state index in [0.29, 0.717) is 17.4 Å². The molecule has 0 saturated heterocycles. The molecule has 11 rings (SSSR count). The van der Waals surface area contributed by atoms with Gasteiger partial charge in [0, 0.05) is 66.4 Å². The molecule has 56 heavy (non-hydrogen) atoms. The lowest BCUT2D eigenvalue weighted by Gasteiger charge is -2.56. The monoisotopic (exact) mass is 752 g/mol. The van der Waals surface area contributed by atoms with E-state index in [4.69, 9.17) is 9.47 Å². The number of ether oxygens (including phenoxy) is 2. The van der Waals surface area contributed by atoms with Crippen molar-refractivity contribution in [3.63, 3.8) is 0 Å². The number of aliphatic hydroxyl groups is 2. The quantitative estimate of drug-likeness (QED) is 0.252. The Morgan fingerprint density at radius 1 is 0.696 bits per heavy atom. The topological polar surface area (TPSA) is 65.4 Å². The van der Waals surface area contributed by atoms with Crippen LogP contribution in [0.1, 0.15) is 92.2 Å². The Kier molecular flexibility index (Phi) is 9.03. The van der Waals surface area contributed by atoms with Gasteiger partial charge in [-0.2, -0.15) is 0 Å². The summed E-state index contributed by atoms with van der Waals surface area (Å²) < 4.78 is 13.6. The number of fused-ring (bicyclic) bond motifs is 4. The molecule has 2 saturated carbocycles. The Morgan fingerprint density at radius 3 is 1.59 bits per heavy atom. The van der Waals surface area contributed by atoms with Crippen molar-refractivity contribution < 1.29 is 19.7 Å². The summed E-state index contributed by atoms with van der Waals surface area (Å²) in [5, 5.41) is 23.7. The van der Waals surface area contributed by atoms with Gasteiger partial charge in [-0.25, -0.2) is 0 Å². The van der Waals surface area contributed by atoms with E-state index in [9.17, 15) is 10.2 Å². The Labute approximate surface area is 334 Å². The lowest BCUT2D eigenvalue weighted by molar-refractivity contribution is -0.00706. The summed E-state index contributed by atoms with van der Waals surface area (Å²) in [6, 6.07) is 12.9. The zero-order valence-corrected chi connectivity index (χ0v) is 34.7. The lowest BCUT2D eigenvalue weighted by atomic mass is 9.48. The van der Waals surface area contributed by atoms with Gasteiger partial charge in [-0.15, -0.1) is 0 Å². The normalized spacial score (nSPS) is 30.2.